The van der Waals surface area contributed by atoms with Gasteiger partial charge in [0.1, 0.15) is 6.61 Å². The molecule has 2 N–H and O–H groups in total. The number of hydrogen-bond donors (Lipinski definition) is 1. The van der Waals surface area contributed by atoms with Crippen LogP contribution in [0.15, 0.2) is 12.1 Å². The van der Waals surface area contributed by atoms with E-state index in [1.165, 1.54) is 0 Å². The molecule has 5 heteroatoms. The molecule has 0 saturated carbocycles. The topological polar surface area (TPSA) is 66.6 Å². The fourth-order valence-corrected chi connectivity index (χ4v) is 1.26. The second-order valence-electron chi connectivity index (χ2n) is 4.48. The molecule has 0 aliphatic rings. The summed E-state index contributed by atoms with van der Waals surface area (Å²) in [5.41, 5.74) is 6.27. The summed E-state index contributed by atoms with van der Waals surface area (Å²) in [6, 6.07) is 3.45. The Labute approximate surface area is 108 Å². The minimum absolute atomic E-state index is 0.0272. The van der Waals surface area contributed by atoms with Crippen LogP contribution in [0.2, 0.25) is 0 Å². The van der Waals surface area contributed by atoms with Crippen LogP contribution in [0.5, 0.6) is 11.8 Å². The van der Waals surface area contributed by atoms with E-state index in [2.05, 4.69) is 4.98 Å². The maximum atomic E-state index is 5.76. The van der Waals surface area contributed by atoms with Gasteiger partial charge in [0.25, 0.3) is 0 Å². The first-order chi connectivity index (χ1) is 8.49. The van der Waals surface area contributed by atoms with Crippen molar-refractivity contribution >= 4 is 5.69 Å². The van der Waals surface area contributed by atoms with Crippen molar-refractivity contribution in [2.24, 2.45) is 0 Å². The predicted molar refractivity (Wildman–Crippen MR) is 71.0 cm³/mol. The second kappa shape index (κ2) is 7.06. The lowest BCUT2D eigenvalue weighted by molar-refractivity contribution is 0.0540. The Bertz CT molecular complexity index is 367. The second-order valence-corrected chi connectivity index (χ2v) is 4.48. The highest BCUT2D eigenvalue weighted by atomic mass is 16.5. The first-order valence-electron chi connectivity index (χ1n) is 6.16. The van der Waals surface area contributed by atoms with Gasteiger partial charge in [0.15, 0.2) is 0 Å². The molecular weight excluding hydrogens is 232 g/mol. The number of ether oxygens (including phenoxy) is 3. The number of nitrogen functional groups attached to an aromatic ring is 1. The number of anilines is 1. The molecule has 1 heterocycles. The van der Waals surface area contributed by atoms with Gasteiger partial charge in [-0.1, -0.05) is 0 Å². The van der Waals surface area contributed by atoms with Crippen molar-refractivity contribution in [1.82, 2.24) is 4.98 Å². The van der Waals surface area contributed by atoms with Crippen molar-refractivity contribution < 1.29 is 14.2 Å². The van der Waals surface area contributed by atoms with E-state index in [0.29, 0.717) is 30.7 Å². The molecule has 1 aromatic rings. The molecule has 102 valence electrons. The zero-order valence-corrected chi connectivity index (χ0v) is 11.5. The van der Waals surface area contributed by atoms with E-state index < -0.39 is 0 Å². The van der Waals surface area contributed by atoms with Gasteiger partial charge < -0.3 is 19.9 Å². The van der Waals surface area contributed by atoms with Gasteiger partial charge in [0.05, 0.1) is 24.5 Å². The highest BCUT2D eigenvalue weighted by Gasteiger charge is 2.07. The standard InChI is InChI=1S/C13H22N2O3/c1-9(2)16-7-8-17-12-6-5-11(14)13(15-12)18-10(3)4/h5-6,9-10H,7-8,14H2,1-4H3. The molecule has 0 saturated heterocycles. The van der Waals surface area contributed by atoms with E-state index >= 15 is 0 Å². The normalized spacial score (nSPS) is 11.0. The van der Waals surface area contributed by atoms with Crippen LogP contribution in [0.25, 0.3) is 0 Å². The van der Waals surface area contributed by atoms with Crippen LogP contribution in [0.3, 0.4) is 0 Å². The quantitative estimate of drug-likeness (QED) is 0.756. The SMILES string of the molecule is CC(C)OCCOc1ccc(N)c(OC(C)C)n1. The van der Waals surface area contributed by atoms with E-state index in [-0.39, 0.29) is 12.2 Å². The van der Waals surface area contributed by atoms with Crippen LogP contribution < -0.4 is 15.2 Å². The molecule has 0 bridgehead atoms. The molecule has 1 aromatic heterocycles. The lowest BCUT2D eigenvalue weighted by atomic mass is 10.4. The van der Waals surface area contributed by atoms with Crippen molar-refractivity contribution in [3.63, 3.8) is 0 Å². The zero-order chi connectivity index (χ0) is 13.5. The summed E-state index contributed by atoms with van der Waals surface area (Å²) in [5.74, 6) is 0.902. The summed E-state index contributed by atoms with van der Waals surface area (Å²) in [4.78, 5) is 4.20. The number of nitrogens with two attached hydrogens (primary N) is 1. The largest absolute Gasteiger partial charge is 0.475 e. The molecule has 0 amide bonds. The molecule has 5 nitrogen and oxygen atoms in total. The van der Waals surface area contributed by atoms with E-state index in [0.717, 1.165) is 0 Å². The highest BCUT2D eigenvalue weighted by Crippen LogP contribution is 2.23. The Morgan fingerprint density at radius 3 is 2.44 bits per heavy atom. The summed E-state index contributed by atoms with van der Waals surface area (Å²) < 4.78 is 16.3. The zero-order valence-electron chi connectivity index (χ0n) is 11.5. The third-order valence-electron chi connectivity index (χ3n) is 2.00. The average Bonchev–Trinajstić information content (AvgIpc) is 2.27. The first kappa shape index (κ1) is 14.6. The minimum atomic E-state index is 0.0272. The monoisotopic (exact) mass is 254 g/mol. The Kier molecular flexibility index (Phi) is 5.71. The van der Waals surface area contributed by atoms with Crippen LogP contribution in [0.1, 0.15) is 27.7 Å². The minimum Gasteiger partial charge on any atom is -0.475 e. The lowest BCUT2D eigenvalue weighted by Gasteiger charge is -2.13. The van der Waals surface area contributed by atoms with Gasteiger partial charge in [-0.25, -0.2) is 0 Å². The summed E-state index contributed by atoms with van der Waals surface area (Å²) in [6.45, 7) is 8.79. The van der Waals surface area contributed by atoms with Crippen molar-refractivity contribution in [3.8, 4) is 11.8 Å². The summed E-state index contributed by atoms with van der Waals surface area (Å²) >= 11 is 0. The van der Waals surface area contributed by atoms with Crippen LogP contribution in [0, 0.1) is 0 Å². The van der Waals surface area contributed by atoms with Gasteiger partial charge in [-0.15, -0.1) is 0 Å². The highest BCUT2D eigenvalue weighted by molar-refractivity contribution is 5.49. The third kappa shape index (κ3) is 5.23. The van der Waals surface area contributed by atoms with Gasteiger partial charge in [-0.3, -0.25) is 0 Å². The Morgan fingerprint density at radius 2 is 1.83 bits per heavy atom. The lowest BCUT2D eigenvalue weighted by Crippen LogP contribution is -2.13. The fraction of sp³-hybridized carbons (Fsp3) is 0.615. The number of hydrogen-bond acceptors (Lipinski definition) is 5. The van der Waals surface area contributed by atoms with Crippen LogP contribution in [-0.2, 0) is 4.74 Å². The Morgan fingerprint density at radius 1 is 1.11 bits per heavy atom. The van der Waals surface area contributed by atoms with Crippen molar-refractivity contribution in [2.75, 3.05) is 18.9 Å². The molecule has 0 spiro atoms. The molecule has 0 atom stereocenters. The fourth-order valence-electron chi connectivity index (χ4n) is 1.26. The molecule has 0 aliphatic heterocycles. The molecule has 0 aromatic carbocycles. The van der Waals surface area contributed by atoms with Gasteiger partial charge in [0, 0.05) is 6.07 Å². The average molecular weight is 254 g/mol. The van der Waals surface area contributed by atoms with Gasteiger partial charge >= 0.3 is 0 Å². The smallest absolute Gasteiger partial charge is 0.240 e. The van der Waals surface area contributed by atoms with Gasteiger partial charge in [-0.2, -0.15) is 4.98 Å². The predicted octanol–water partition coefficient (Wildman–Crippen LogP) is 2.25. The Hall–Kier alpha value is -1.49. The number of rotatable bonds is 7. The van der Waals surface area contributed by atoms with Gasteiger partial charge in [-0.05, 0) is 33.8 Å². The summed E-state index contributed by atoms with van der Waals surface area (Å²) in [6.07, 6.45) is 0.229. The molecule has 0 fully saturated rings. The third-order valence-corrected chi connectivity index (χ3v) is 2.00. The van der Waals surface area contributed by atoms with Crippen LogP contribution in [-0.4, -0.2) is 30.4 Å². The number of aromatic nitrogens is 1. The van der Waals surface area contributed by atoms with Gasteiger partial charge in [0.2, 0.25) is 11.8 Å². The molecule has 0 radical (unpaired) electrons. The number of nitrogens with zero attached hydrogens (tertiary/aromatic N) is 1. The Balaban J connectivity index is 2.51. The van der Waals surface area contributed by atoms with E-state index in [4.69, 9.17) is 19.9 Å². The summed E-state index contributed by atoms with van der Waals surface area (Å²) in [5, 5.41) is 0. The maximum absolute atomic E-state index is 5.76. The maximum Gasteiger partial charge on any atom is 0.240 e. The molecule has 1 rings (SSSR count). The van der Waals surface area contributed by atoms with E-state index in [1.54, 1.807) is 12.1 Å². The summed E-state index contributed by atoms with van der Waals surface area (Å²) in [7, 11) is 0. The van der Waals surface area contributed by atoms with Crippen molar-refractivity contribution in [3.05, 3.63) is 12.1 Å². The molecular formula is C13H22N2O3. The van der Waals surface area contributed by atoms with Crippen molar-refractivity contribution in [2.45, 2.75) is 39.9 Å². The molecule has 18 heavy (non-hydrogen) atoms. The molecule has 0 aliphatic carbocycles. The molecule has 0 unspecified atom stereocenters. The number of pyridine rings is 1. The first-order valence-corrected chi connectivity index (χ1v) is 6.16. The van der Waals surface area contributed by atoms with Crippen LogP contribution in [0.4, 0.5) is 5.69 Å². The van der Waals surface area contributed by atoms with E-state index in [9.17, 15) is 0 Å². The van der Waals surface area contributed by atoms with Crippen LogP contribution >= 0.6 is 0 Å². The van der Waals surface area contributed by atoms with E-state index in [1.807, 2.05) is 27.7 Å². The van der Waals surface area contributed by atoms with Crippen molar-refractivity contribution in [1.29, 1.82) is 0 Å².